The van der Waals surface area contributed by atoms with E-state index in [1.54, 1.807) is 53.1 Å². The van der Waals surface area contributed by atoms with Gasteiger partial charge in [-0.05, 0) is 43.2 Å². The third-order valence-electron chi connectivity index (χ3n) is 5.86. The van der Waals surface area contributed by atoms with E-state index in [4.69, 9.17) is 4.74 Å². The fourth-order valence-corrected chi connectivity index (χ4v) is 5.73. The zero-order chi connectivity index (χ0) is 25.2. The number of aryl methyl sites for hydroxylation is 2. The Morgan fingerprint density at radius 2 is 1.69 bits per heavy atom. The summed E-state index contributed by atoms with van der Waals surface area (Å²) in [7, 11) is -2.42. The Kier molecular flexibility index (Phi) is 6.75. The summed E-state index contributed by atoms with van der Waals surface area (Å²) in [4.78, 5) is 25.1. The van der Waals surface area contributed by atoms with Crippen LogP contribution in [-0.4, -0.2) is 32.0 Å². The SMILES string of the molecule is COC(=O)c1ccccc1NC(=O)Cn1cc(S(=O)(=O)Cc2cc(C)ccc2C)c2ccccc21. The number of amides is 1. The molecule has 4 aromatic rings. The summed E-state index contributed by atoms with van der Waals surface area (Å²) in [5, 5.41) is 3.29. The average molecular weight is 491 g/mol. The second kappa shape index (κ2) is 9.76. The van der Waals surface area contributed by atoms with Crippen molar-refractivity contribution in [3.8, 4) is 0 Å². The van der Waals surface area contributed by atoms with Gasteiger partial charge in [-0.2, -0.15) is 0 Å². The second-order valence-corrected chi connectivity index (χ2v) is 10.4. The molecule has 0 bridgehead atoms. The maximum Gasteiger partial charge on any atom is 0.339 e. The van der Waals surface area contributed by atoms with E-state index >= 15 is 0 Å². The molecule has 7 nitrogen and oxygen atoms in total. The number of methoxy groups -OCH3 is 1. The molecule has 180 valence electrons. The number of benzene rings is 3. The van der Waals surface area contributed by atoms with Gasteiger partial charge in [-0.1, -0.05) is 54.1 Å². The van der Waals surface area contributed by atoms with Crippen molar-refractivity contribution >= 4 is 38.3 Å². The lowest BCUT2D eigenvalue weighted by Crippen LogP contribution is -2.20. The van der Waals surface area contributed by atoms with Crippen molar-refractivity contribution in [2.45, 2.75) is 31.0 Å². The van der Waals surface area contributed by atoms with E-state index in [1.807, 2.05) is 32.0 Å². The summed E-state index contributed by atoms with van der Waals surface area (Å²) >= 11 is 0. The molecule has 0 aliphatic heterocycles. The normalized spacial score (nSPS) is 11.4. The molecule has 0 saturated heterocycles. The maximum absolute atomic E-state index is 13.5. The van der Waals surface area contributed by atoms with Crippen LogP contribution in [0.5, 0.6) is 0 Å². The Morgan fingerprint density at radius 3 is 2.46 bits per heavy atom. The summed E-state index contributed by atoms with van der Waals surface area (Å²) in [6, 6.07) is 19.4. The van der Waals surface area contributed by atoms with Gasteiger partial charge in [0, 0.05) is 17.1 Å². The monoisotopic (exact) mass is 490 g/mol. The number of nitrogens with one attached hydrogen (secondary N) is 1. The molecule has 0 spiro atoms. The van der Waals surface area contributed by atoms with Crippen LogP contribution in [0.15, 0.2) is 77.8 Å². The molecule has 35 heavy (non-hydrogen) atoms. The number of fused-ring (bicyclic) bond motifs is 1. The molecular weight excluding hydrogens is 464 g/mol. The van der Waals surface area contributed by atoms with Crippen LogP contribution in [0.4, 0.5) is 5.69 Å². The van der Waals surface area contributed by atoms with Gasteiger partial charge < -0.3 is 14.6 Å². The molecule has 1 heterocycles. The van der Waals surface area contributed by atoms with E-state index in [9.17, 15) is 18.0 Å². The first-order chi connectivity index (χ1) is 16.7. The number of anilines is 1. The number of carbonyl (C=O) groups excluding carboxylic acids is 2. The van der Waals surface area contributed by atoms with Gasteiger partial charge in [-0.3, -0.25) is 4.79 Å². The average Bonchev–Trinajstić information content (AvgIpc) is 3.20. The molecule has 0 aliphatic rings. The minimum absolute atomic E-state index is 0.130. The minimum Gasteiger partial charge on any atom is -0.465 e. The number of hydrogen-bond acceptors (Lipinski definition) is 5. The Bertz CT molecular complexity index is 1540. The van der Waals surface area contributed by atoms with Gasteiger partial charge in [-0.25, -0.2) is 13.2 Å². The molecular formula is C27H26N2O5S. The van der Waals surface area contributed by atoms with Gasteiger partial charge in [0.1, 0.15) is 6.54 Å². The molecule has 8 heteroatoms. The van der Waals surface area contributed by atoms with Crippen LogP contribution in [0.3, 0.4) is 0 Å². The van der Waals surface area contributed by atoms with Crippen molar-refractivity contribution in [2.24, 2.45) is 0 Å². The quantitative estimate of drug-likeness (QED) is 0.380. The first-order valence-electron chi connectivity index (χ1n) is 11.0. The van der Waals surface area contributed by atoms with E-state index in [0.29, 0.717) is 16.6 Å². The lowest BCUT2D eigenvalue weighted by atomic mass is 10.1. The molecule has 0 unspecified atom stereocenters. The van der Waals surface area contributed by atoms with Gasteiger partial charge in [-0.15, -0.1) is 0 Å². The number of ether oxygens (including phenoxy) is 1. The third kappa shape index (κ3) is 5.12. The largest absolute Gasteiger partial charge is 0.465 e. The van der Waals surface area contributed by atoms with Crippen LogP contribution < -0.4 is 5.32 Å². The molecule has 4 rings (SSSR count). The van der Waals surface area contributed by atoms with Crippen molar-refractivity contribution < 1.29 is 22.7 Å². The zero-order valence-electron chi connectivity index (χ0n) is 19.7. The van der Waals surface area contributed by atoms with Crippen molar-refractivity contribution in [1.29, 1.82) is 0 Å². The van der Waals surface area contributed by atoms with E-state index in [-0.39, 0.29) is 22.8 Å². The highest BCUT2D eigenvalue weighted by molar-refractivity contribution is 7.90. The summed E-state index contributed by atoms with van der Waals surface area (Å²) in [5.74, 6) is -1.10. The molecule has 1 N–H and O–H groups in total. The van der Waals surface area contributed by atoms with Crippen LogP contribution in [0.2, 0.25) is 0 Å². The molecule has 0 fully saturated rings. The first-order valence-corrected chi connectivity index (χ1v) is 12.7. The Hall–Kier alpha value is -3.91. The fourth-order valence-electron chi connectivity index (χ4n) is 4.05. The molecule has 3 aromatic carbocycles. The van der Waals surface area contributed by atoms with E-state index in [1.165, 1.54) is 13.3 Å². The fraction of sp³-hybridized carbons (Fsp3) is 0.185. The number of rotatable bonds is 7. The predicted octanol–water partition coefficient (Wildman–Crippen LogP) is 4.66. The van der Waals surface area contributed by atoms with Crippen molar-refractivity contribution in [1.82, 2.24) is 4.57 Å². The highest BCUT2D eigenvalue weighted by Crippen LogP contribution is 2.29. The number of esters is 1. The molecule has 0 aliphatic carbocycles. The number of hydrogen-bond donors (Lipinski definition) is 1. The van der Waals surface area contributed by atoms with Crippen LogP contribution in [0.1, 0.15) is 27.0 Å². The zero-order valence-corrected chi connectivity index (χ0v) is 20.6. The summed E-state index contributed by atoms with van der Waals surface area (Å²) in [5.41, 5.74) is 3.84. The van der Waals surface area contributed by atoms with Gasteiger partial charge in [0.15, 0.2) is 9.84 Å². The molecule has 0 atom stereocenters. The number of sulfone groups is 1. The number of aromatic nitrogens is 1. The Balaban J connectivity index is 1.65. The summed E-state index contributed by atoms with van der Waals surface area (Å²) in [6.07, 6.45) is 1.51. The van der Waals surface area contributed by atoms with Crippen LogP contribution in [-0.2, 0) is 31.7 Å². The van der Waals surface area contributed by atoms with Gasteiger partial charge in [0.2, 0.25) is 5.91 Å². The van der Waals surface area contributed by atoms with E-state index < -0.39 is 21.7 Å². The van der Waals surface area contributed by atoms with Gasteiger partial charge in [0.05, 0.1) is 29.0 Å². The summed E-state index contributed by atoms with van der Waals surface area (Å²) in [6.45, 7) is 3.69. The van der Waals surface area contributed by atoms with E-state index in [0.717, 1.165) is 16.7 Å². The minimum atomic E-state index is -3.69. The number of para-hydroxylation sites is 2. The van der Waals surface area contributed by atoms with Crippen LogP contribution in [0, 0.1) is 13.8 Å². The van der Waals surface area contributed by atoms with Crippen LogP contribution in [0.25, 0.3) is 10.9 Å². The van der Waals surface area contributed by atoms with Gasteiger partial charge in [0.25, 0.3) is 0 Å². The smallest absolute Gasteiger partial charge is 0.339 e. The van der Waals surface area contributed by atoms with E-state index in [2.05, 4.69) is 5.32 Å². The van der Waals surface area contributed by atoms with Crippen LogP contribution >= 0.6 is 0 Å². The number of nitrogens with zero attached hydrogens (tertiary/aromatic N) is 1. The number of carbonyl (C=O) groups is 2. The highest BCUT2D eigenvalue weighted by Gasteiger charge is 2.23. The molecule has 1 aromatic heterocycles. The standard InChI is InChI=1S/C27H26N2O5S/c1-18-12-13-19(2)20(14-18)17-35(32,33)25-15-29(24-11-7-5-9-22(24)25)16-26(30)28-23-10-6-4-8-21(23)27(31)34-3/h4-15H,16-17H2,1-3H3,(H,28,30). The first kappa shape index (κ1) is 24.2. The topological polar surface area (TPSA) is 94.5 Å². The van der Waals surface area contributed by atoms with Crippen molar-refractivity contribution in [2.75, 3.05) is 12.4 Å². The molecule has 1 amide bonds. The lowest BCUT2D eigenvalue weighted by Gasteiger charge is -2.10. The second-order valence-electron chi connectivity index (χ2n) is 8.41. The maximum atomic E-state index is 13.5. The van der Waals surface area contributed by atoms with Crippen molar-refractivity contribution in [3.05, 3.63) is 95.2 Å². The Morgan fingerprint density at radius 1 is 0.971 bits per heavy atom. The molecule has 0 saturated carbocycles. The lowest BCUT2D eigenvalue weighted by molar-refractivity contribution is -0.116. The predicted molar refractivity (Wildman–Crippen MR) is 135 cm³/mol. The summed E-state index contributed by atoms with van der Waals surface area (Å²) < 4.78 is 33.3. The van der Waals surface area contributed by atoms with Crippen molar-refractivity contribution in [3.63, 3.8) is 0 Å². The highest BCUT2D eigenvalue weighted by atomic mass is 32.2. The van der Waals surface area contributed by atoms with Gasteiger partial charge >= 0.3 is 5.97 Å². The third-order valence-corrected chi connectivity index (χ3v) is 7.54. The Labute approximate surface area is 204 Å². The molecule has 0 radical (unpaired) electrons.